The molecule has 0 radical (unpaired) electrons. The smallest absolute Gasteiger partial charge is 0.324 e. The average molecular weight is 406 g/mol. The molecule has 8 heteroatoms. The Morgan fingerprint density at radius 1 is 1.08 bits per heavy atom. The zero-order valence-electron chi connectivity index (χ0n) is 12.2. The van der Waals surface area contributed by atoms with Crippen LogP contribution in [0.5, 0.6) is 5.75 Å². The molecule has 24 heavy (non-hydrogen) atoms. The van der Waals surface area contributed by atoms with Crippen molar-refractivity contribution in [2.24, 2.45) is 5.73 Å². The number of nitrogens with two attached hydrogens (primary N) is 1. The number of primary amides is 1. The SMILES string of the molecule is NC(=O)c1c(NC(=O)Nc2ccc(Br)cc2)sc2cc(O)ccc12. The second kappa shape index (κ2) is 6.50. The van der Waals surface area contributed by atoms with E-state index in [9.17, 15) is 14.7 Å². The third-order valence-corrected chi connectivity index (χ3v) is 4.85. The number of anilines is 2. The van der Waals surface area contributed by atoms with Gasteiger partial charge in [0.1, 0.15) is 10.8 Å². The molecule has 5 N–H and O–H groups in total. The van der Waals surface area contributed by atoms with Gasteiger partial charge in [-0.1, -0.05) is 15.9 Å². The molecule has 122 valence electrons. The van der Waals surface area contributed by atoms with E-state index < -0.39 is 11.9 Å². The van der Waals surface area contributed by atoms with E-state index in [1.165, 1.54) is 23.5 Å². The number of phenolic OH excluding ortho intramolecular Hbond substituents is 1. The Kier molecular flexibility index (Phi) is 4.41. The quantitative estimate of drug-likeness (QED) is 0.526. The molecule has 0 spiro atoms. The summed E-state index contributed by atoms with van der Waals surface area (Å²) in [5.41, 5.74) is 6.27. The van der Waals surface area contributed by atoms with Crippen LogP contribution in [-0.2, 0) is 0 Å². The molecule has 3 rings (SSSR count). The first-order valence-electron chi connectivity index (χ1n) is 6.83. The van der Waals surface area contributed by atoms with Crippen molar-refractivity contribution >= 4 is 60.0 Å². The molecule has 0 aliphatic rings. The highest BCUT2D eigenvalue weighted by atomic mass is 79.9. The largest absolute Gasteiger partial charge is 0.508 e. The van der Waals surface area contributed by atoms with Crippen LogP contribution in [0.1, 0.15) is 10.4 Å². The number of urea groups is 1. The third-order valence-electron chi connectivity index (χ3n) is 3.25. The minimum atomic E-state index is -0.647. The minimum absolute atomic E-state index is 0.0747. The van der Waals surface area contributed by atoms with Crippen LogP contribution in [0.15, 0.2) is 46.9 Å². The Balaban J connectivity index is 1.88. The Hall–Kier alpha value is -2.58. The lowest BCUT2D eigenvalue weighted by Crippen LogP contribution is -2.21. The van der Waals surface area contributed by atoms with E-state index in [-0.39, 0.29) is 11.3 Å². The average Bonchev–Trinajstić information content (AvgIpc) is 2.86. The fourth-order valence-corrected chi connectivity index (χ4v) is 3.62. The van der Waals surface area contributed by atoms with E-state index in [1.807, 2.05) is 0 Å². The van der Waals surface area contributed by atoms with Gasteiger partial charge in [0.15, 0.2) is 0 Å². The zero-order chi connectivity index (χ0) is 17.3. The molecular weight excluding hydrogens is 394 g/mol. The van der Waals surface area contributed by atoms with Crippen LogP contribution in [0.2, 0.25) is 0 Å². The molecule has 0 saturated carbocycles. The van der Waals surface area contributed by atoms with Crippen molar-refractivity contribution in [3.8, 4) is 5.75 Å². The number of amides is 3. The van der Waals surface area contributed by atoms with E-state index >= 15 is 0 Å². The number of benzene rings is 2. The number of halogens is 1. The molecule has 0 aliphatic carbocycles. The van der Waals surface area contributed by atoms with Crippen LogP contribution in [-0.4, -0.2) is 17.0 Å². The van der Waals surface area contributed by atoms with Gasteiger partial charge in [0.25, 0.3) is 5.91 Å². The summed E-state index contributed by atoms with van der Waals surface area (Å²) in [6, 6.07) is 11.2. The summed E-state index contributed by atoms with van der Waals surface area (Å²) >= 11 is 4.49. The Labute approximate surface area is 149 Å². The normalized spacial score (nSPS) is 10.5. The van der Waals surface area contributed by atoms with Crippen LogP contribution in [0.3, 0.4) is 0 Å². The summed E-state index contributed by atoms with van der Waals surface area (Å²) in [5.74, 6) is -0.573. The Morgan fingerprint density at radius 3 is 2.46 bits per heavy atom. The van der Waals surface area contributed by atoms with Crippen LogP contribution in [0, 0.1) is 0 Å². The van der Waals surface area contributed by atoms with Gasteiger partial charge in [-0.2, -0.15) is 0 Å². The monoisotopic (exact) mass is 405 g/mol. The third kappa shape index (κ3) is 3.34. The van der Waals surface area contributed by atoms with Crippen LogP contribution >= 0.6 is 27.3 Å². The highest BCUT2D eigenvalue weighted by molar-refractivity contribution is 9.10. The number of aromatic hydroxyl groups is 1. The summed E-state index contributed by atoms with van der Waals surface area (Å²) in [6.07, 6.45) is 0. The fourth-order valence-electron chi connectivity index (χ4n) is 2.22. The van der Waals surface area contributed by atoms with Gasteiger partial charge in [-0.05, 0) is 42.5 Å². The van der Waals surface area contributed by atoms with Crippen LogP contribution < -0.4 is 16.4 Å². The van der Waals surface area contributed by atoms with Crippen molar-refractivity contribution in [1.29, 1.82) is 0 Å². The lowest BCUT2D eigenvalue weighted by molar-refractivity contribution is 0.100. The number of rotatable bonds is 3. The maximum absolute atomic E-state index is 12.2. The highest BCUT2D eigenvalue weighted by Gasteiger charge is 2.19. The number of hydrogen-bond donors (Lipinski definition) is 4. The van der Waals surface area contributed by atoms with Crippen molar-refractivity contribution in [1.82, 2.24) is 0 Å². The molecule has 0 atom stereocenters. The van der Waals surface area contributed by atoms with E-state index in [1.54, 1.807) is 30.3 Å². The molecule has 0 bridgehead atoms. The van der Waals surface area contributed by atoms with Crippen LogP contribution in [0.4, 0.5) is 15.5 Å². The molecule has 3 amide bonds. The number of carbonyl (C=O) groups is 2. The number of thiophene rings is 1. The van der Waals surface area contributed by atoms with E-state index in [2.05, 4.69) is 26.6 Å². The lowest BCUT2D eigenvalue weighted by Gasteiger charge is -2.07. The van der Waals surface area contributed by atoms with Crippen molar-refractivity contribution in [3.05, 3.63) is 52.5 Å². The topological polar surface area (TPSA) is 104 Å². The van der Waals surface area contributed by atoms with Crippen molar-refractivity contribution in [3.63, 3.8) is 0 Å². The molecule has 3 aromatic rings. The number of hydrogen-bond acceptors (Lipinski definition) is 4. The molecule has 0 aliphatic heterocycles. The second-order valence-electron chi connectivity index (χ2n) is 4.94. The molecule has 1 heterocycles. The van der Waals surface area contributed by atoms with Crippen molar-refractivity contribution in [2.75, 3.05) is 10.6 Å². The van der Waals surface area contributed by atoms with Gasteiger partial charge >= 0.3 is 6.03 Å². The summed E-state index contributed by atoms with van der Waals surface area (Å²) in [7, 11) is 0. The highest BCUT2D eigenvalue weighted by Crippen LogP contribution is 2.37. The first-order chi connectivity index (χ1) is 11.4. The molecule has 6 nitrogen and oxygen atoms in total. The summed E-state index contributed by atoms with van der Waals surface area (Å²) < 4.78 is 1.55. The minimum Gasteiger partial charge on any atom is -0.508 e. The van der Waals surface area contributed by atoms with Gasteiger partial charge in [0, 0.05) is 20.2 Å². The zero-order valence-corrected chi connectivity index (χ0v) is 14.6. The number of phenols is 1. The van der Waals surface area contributed by atoms with Crippen molar-refractivity contribution in [2.45, 2.75) is 0 Å². The first kappa shape index (κ1) is 16.3. The number of carbonyl (C=O) groups excluding carboxylic acids is 2. The lowest BCUT2D eigenvalue weighted by atomic mass is 10.1. The van der Waals surface area contributed by atoms with E-state index in [0.717, 1.165) is 4.47 Å². The fraction of sp³-hybridized carbons (Fsp3) is 0. The summed E-state index contributed by atoms with van der Waals surface area (Å²) in [6.45, 7) is 0. The predicted molar refractivity (Wildman–Crippen MR) is 98.8 cm³/mol. The molecule has 1 aromatic heterocycles. The van der Waals surface area contributed by atoms with Crippen LogP contribution in [0.25, 0.3) is 10.1 Å². The summed E-state index contributed by atoms with van der Waals surface area (Å²) in [4.78, 5) is 23.9. The molecular formula is C16H12BrN3O3S. The standard InChI is InChI=1S/C16H12BrN3O3S/c17-8-1-3-9(4-2-8)19-16(23)20-15-13(14(18)22)11-6-5-10(21)7-12(11)24-15/h1-7,21H,(H2,18,22)(H2,19,20,23). The molecule has 0 fully saturated rings. The van der Waals surface area contributed by atoms with Gasteiger partial charge in [0.2, 0.25) is 0 Å². The molecule has 0 saturated heterocycles. The van der Waals surface area contributed by atoms with Gasteiger partial charge < -0.3 is 16.2 Å². The predicted octanol–water partition coefficient (Wildman–Crippen LogP) is 4.11. The van der Waals surface area contributed by atoms with E-state index in [0.29, 0.717) is 20.8 Å². The van der Waals surface area contributed by atoms with Gasteiger partial charge in [-0.15, -0.1) is 11.3 Å². The second-order valence-corrected chi connectivity index (χ2v) is 6.90. The van der Waals surface area contributed by atoms with Crippen molar-refractivity contribution < 1.29 is 14.7 Å². The Morgan fingerprint density at radius 2 is 1.79 bits per heavy atom. The van der Waals surface area contributed by atoms with E-state index in [4.69, 9.17) is 5.73 Å². The van der Waals surface area contributed by atoms with Gasteiger partial charge in [-0.3, -0.25) is 10.1 Å². The first-order valence-corrected chi connectivity index (χ1v) is 8.44. The Bertz CT molecular complexity index is 938. The van der Waals surface area contributed by atoms with Gasteiger partial charge in [0.05, 0.1) is 5.56 Å². The molecule has 2 aromatic carbocycles. The maximum atomic E-state index is 12.2. The van der Waals surface area contributed by atoms with Gasteiger partial charge in [-0.25, -0.2) is 4.79 Å². The molecule has 0 unspecified atom stereocenters. The maximum Gasteiger partial charge on any atom is 0.324 e. The number of nitrogens with one attached hydrogen (secondary N) is 2. The summed E-state index contributed by atoms with van der Waals surface area (Å²) in [5, 5.41) is 15.8. The number of fused-ring (bicyclic) bond motifs is 1.